The van der Waals surface area contributed by atoms with Crippen LogP contribution in [0.25, 0.3) is 0 Å². The van der Waals surface area contributed by atoms with Crippen molar-refractivity contribution in [1.29, 1.82) is 0 Å². The van der Waals surface area contributed by atoms with Gasteiger partial charge in [-0.2, -0.15) is 0 Å². The number of carbonyl (C=O) groups is 3. The fourth-order valence-electron chi connectivity index (χ4n) is 4.34. The molecule has 0 radical (unpaired) electrons. The maximum Gasteiger partial charge on any atom is 0.310 e. The quantitative estimate of drug-likeness (QED) is 0.784. The van der Waals surface area contributed by atoms with Gasteiger partial charge in [0.1, 0.15) is 0 Å². The molecule has 0 aliphatic heterocycles. The minimum Gasteiger partial charge on any atom is -0.481 e. The summed E-state index contributed by atoms with van der Waals surface area (Å²) in [5, 5.41) is 12.5. The van der Waals surface area contributed by atoms with E-state index in [9.17, 15) is 19.5 Å². The van der Waals surface area contributed by atoms with Gasteiger partial charge in [-0.15, -0.1) is 0 Å². The highest BCUT2D eigenvalue weighted by Crippen LogP contribution is 2.57. The van der Waals surface area contributed by atoms with Crippen LogP contribution in [0, 0.1) is 23.2 Å². The lowest BCUT2D eigenvalue weighted by molar-refractivity contribution is -0.173. The van der Waals surface area contributed by atoms with Gasteiger partial charge in [0.15, 0.2) is 0 Å². The van der Waals surface area contributed by atoms with E-state index in [4.69, 9.17) is 5.73 Å². The van der Waals surface area contributed by atoms with E-state index >= 15 is 0 Å². The van der Waals surface area contributed by atoms with Crippen molar-refractivity contribution in [3.05, 3.63) is 30.3 Å². The first-order valence-corrected chi connectivity index (χ1v) is 7.84. The summed E-state index contributed by atoms with van der Waals surface area (Å²) in [5.41, 5.74) is 4.92. The fraction of sp³-hybridized carbons (Fsp3) is 0.471. The van der Waals surface area contributed by atoms with E-state index in [0.29, 0.717) is 31.4 Å². The van der Waals surface area contributed by atoms with Crippen LogP contribution < -0.4 is 11.1 Å². The van der Waals surface area contributed by atoms with Crippen molar-refractivity contribution in [2.75, 3.05) is 5.32 Å². The number of nitrogens with two attached hydrogens (primary N) is 1. The van der Waals surface area contributed by atoms with Crippen molar-refractivity contribution < 1.29 is 19.5 Å². The predicted octanol–water partition coefficient (Wildman–Crippen LogP) is 1.62. The molecule has 4 N–H and O–H groups in total. The van der Waals surface area contributed by atoms with Crippen molar-refractivity contribution >= 4 is 23.5 Å². The predicted molar refractivity (Wildman–Crippen MR) is 83.3 cm³/mol. The van der Waals surface area contributed by atoms with Crippen molar-refractivity contribution in [2.24, 2.45) is 28.9 Å². The van der Waals surface area contributed by atoms with Crippen molar-refractivity contribution in [1.82, 2.24) is 0 Å². The number of para-hydroxylation sites is 1. The molecule has 0 saturated heterocycles. The SMILES string of the molecule is NC(=O)[C@H]1C2CCC(C(=O)O)(CC2)[C@@H]1C(=O)Nc1ccccc1. The number of carbonyl (C=O) groups excluding carboxylic acids is 2. The largest absolute Gasteiger partial charge is 0.481 e. The summed E-state index contributed by atoms with van der Waals surface area (Å²) in [5.74, 6) is -3.63. The summed E-state index contributed by atoms with van der Waals surface area (Å²) >= 11 is 0. The number of hydrogen-bond acceptors (Lipinski definition) is 3. The van der Waals surface area contributed by atoms with Gasteiger partial charge in [-0.3, -0.25) is 14.4 Å². The molecule has 3 saturated carbocycles. The third-order valence-electron chi connectivity index (χ3n) is 5.46. The summed E-state index contributed by atoms with van der Waals surface area (Å²) in [6.45, 7) is 0. The van der Waals surface area contributed by atoms with E-state index in [1.165, 1.54) is 0 Å². The van der Waals surface area contributed by atoms with E-state index < -0.39 is 35.0 Å². The second-order valence-corrected chi connectivity index (χ2v) is 6.56. The van der Waals surface area contributed by atoms with Gasteiger partial charge in [0, 0.05) is 5.69 Å². The van der Waals surface area contributed by atoms with Crippen molar-refractivity contribution in [2.45, 2.75) is 25.7 Å². The van der Waals surface area contributed by atoms with Crippen LogP contribution in [0.3, 0.4) is 0 Å². The van der Waals surface area contributed by atoms with Gasteiger partial charge in [0.2, 0.25) is 11.8 Å². The van der Waals surface area contributed by atoms with E-state index in [1.807, 2.05) is 6.07 Å². The van der Waals surface area contributed by atoms with Crippen LogP contribution in [0.15, 0.2) is 30.3 Å². The lowest BCUT2D eigenvalue weighted by Gasteiger charge is -2.52. The number of carboxylic acid groups (broad SMARTS) is 1. The summed E-state index contributed by atoms with van der Waals surface area (Å²) < 4.78 is 0. The van der Waals surface area contributed by atoms with E-state index in [2.05, 4.69) is 5.32 Å². The molecule has 6 nitrogen and oxygen atoms in total. The average Bonchev–Trinajstić information content (AvgIpc) is 2.55. The monoisotopic (exact) mass is 316 g/mol. The van der Waals surface area contributed by atoms with Crippen LogP contribution in [0.5, 0.6) is 0 Å². The van der Waals surface area contributed by atoms with E-state index in [-0.39, 0.29) is 5.92 Å². The number of amides is 2. The van der Waals surface area contributed by atoms with Crippen LogP contribution in [0.4, 0.5) is 5.69 Å². The van der Waals surface area contributed by atoms with Gasteiger partial charge in [-0.1, -0.05) is 18.2 Å². The highest BCUT2D eigenvalue weighted by molar-refractivity contribution is 6.00. The number of anilines is 1. The third kappa shape index (κ3) is 2.48. The van der Waals surface area contributed by atoms with Gasteiger partial charge in [-0.25, -0.2) is 0 Å². The van der Waals surface area contributed by atoms with Crippen LogP contribution >= 0.6 is 0 Å². The molecule has 6 heteroatoms. The smallest absolute Gasteiger partial charge is 0.310 e. The van der Waals surface area contributed by atoms with Gasteiger partial charge < -0.3 is 16.2 Å². The molecule has 3 aliphatic carbocycles. The molecule has 0 spiro atoms. The summed E-state index contributed by atoms with van der Waals surface area (Å²) in [6, 6.07) is 8.84. The lowest BCUT2D eigenvalue weighted by atomic mass is 9.50. The first-order chi connectivity index (χ1) is 11.0. The summed E-state index contributed by atoms with van der Waals surface area (Å²) in [7, 11) is 0. The Balaban J connectivity index is 1.96. The number of nitrogens with one attached hydrogen (secondary N) is 1. The zero-order valence-corrected chi connectivity index (χ0v) is 12.7. The number of carboxylic acids is 1. The first-order valence-electron chi connectivity index (χ1n) is 7.84. The summed E-state index contributed by atoms with van der Waals surface area (Å²) in [6.07, 6.45) is 2.11. The molecule has 2 bridgehead atoms. The number of fused-ring (bicyclic) bond motifs is 3. The van der Waals surface area contributed by atoms with Gasteiger partial charge >= 0.3 is 5.97 Å². The molecule has 3 fully saturated rings. The number of aliphatic carboxylic acids is 1. The normalized spacial score (nSPS) is 32.3. The standard InChI is InChI=1S/C17H20N2O4/c18-14(20)12-10-6-8-17(9-7-10,16(22)23)13(12)15(21)19-11-4-2-1-3-5-11/h1-5,10,12-13H,6-9H2,(H2,18,20)(H,19,21)(H,22,23)/t10?,12-,13-,17?/m0/s1. The molecule has 0 heterocycles. The molecule has 2 atom stereocenters. The lowest BCUT2D eigenvalue weighted by Crippen LogP contribution is -2.59. The average molecular weight is 316 g/mol. The molecule has 122 valence electrons. The Hall–Kier alpha value is -2.37. The maximum atomic E-state index is 12.8. The number of hydrogen-bond donors (Lipinski definition) is 3. The molecular formula is C17H20N2O4. The van der Waals surface area contributed by atoms with Gasteiger partial charge in [-0.05, 0) is 43.7 Å². The zero-order valence-electron chi connectivity index (χ0n) is 12.7. The Morgan fingerprint density at radius 3 is 2.26 bits per heavy atom. The minimum absolute atomic E-state index is 0.000230. The second-order valence-electron chi connectivity index (χ2n) is 6.56. The van der Waals surface area contributed by atoms with Gasteiger partial charge in [0.25, 0.3) is 0 Å². The fourth-order valence-corrected chi connectivity index (χ4v) is 4.34. The highest BCUT2D eigenvalue weighted by Gasteiger charge is 2.61. The number of primary amides is 1. The molecule has 1 aromatic rings. The molecule has 0 aromatic heterocycles. The van der Waals surface area contributed by atoms with Crippen LogP contribution in [0.1, 0.15) is 25.7 Å². The molecule has 1 aromatic carbocycles. The van der Waals surface area contributed by atoms with Crippen LogP contribution in [-0.2, 0) is 14.4 Å². The molecule has 0 unspecified atom stereocenters. The van der Waals surface area contributed by atoms with E-state index in [1.54, 1.807) is 24.3 Å². The Morgan fingerprint density at radius 1 is 1.13 bits per heavy atom. The molecular weight excluding hydrogens is 296 g/mol. The molecule has 2 amide bonds. The maximum absolute atomic E-state index is 12.8. The minimum atomic E-state index is -1.19. The van der Waals surface area contributed by atoms with Crippen LogP contribution in [0.2, 0.25) is 0 Å². The van der Waals surface area contributed by atoms with Crippen LogP contribution in [-0.4, -0.2) is 22.9 Å². The van der Waals surface area contributed by atoms with Crippen molar-refractivity contribution in [3.63, 3.8) is 0 Å². The Bertz CT molecular complexity index is 635. The van der Waals surface area contributed by atoms with Gasteiger partial charge in [0.05, 0.1) is 17.3 Å². The molecule has 23 heavy (non-hydrogen) atoms. The highest BCUT2D eigenvalue weighted by atomic mass is 16.4. The zero-order chi connectivity index (χ0) is 16.6. The summed E-state index contributed by atoms with van der Waals surface area (Å²) in [4.78, 5) is 36.7. The van der Waals surface area contributed by atoms with Crippen molar-refractivity contribution in [3.8, 4) is 0 Å². The van der Waals surface area contributed by atoms with E-state index in [0.717, 1.165) is 0 Å². The molecule has 4 rings (SSSR count). The number of rotatable bonds is 4. The number of benzene rings is 1. The Labute approximate surface area is 134 Å². The Kier molecular flexibility index (Phi) is 3.83. The third-order valence-corrected chi connectivity index (χ3v) is 5.46. The molecule has 3 aliphatic rings. The Morgan fingerprint density at radius 2 is 1.74 bits per heavy atom. The first kappa shape index (κ1) is 15.5. The second kappa shape index (κ2) is 5.68. The topological polar surface area (TPSA) is 109 Å².